The predicted molar refractivity (Wildman–Crippen MR) is 75.3 cm³/mol. The number of nitrogens with zero attached hydrogens (tertiary/aromatic N) is 1. The second-order valence-corrected chi connectivity index (χ2v) is 6.33. The van der Waals surface area contributed by atoms with Crippen molar-refractivity contribution in [1.29, 1.82) is 0 Å². The molecule has 0 saturated heterocycles. The van der Waals surface area contributed by atoms with Crippen LogP contribution in [0.4, 0.5) is 0 Å². The van der Waals surface area contributed by atoms with Crippen LogP contribution < -0.4 is 9.27 Å². The Kier molecular flexibility index (Phi) is 3.13. The fourth-order valence-electron chi connectivity index (χ4n) is 1.60. The number of aromatic nitrogens is 1. The van der Waals surface area contributed by atoms with E-state index in [1.807, 2.05) is 42.5 Å². The molecule has 0 aliphatic heterocycles. The number of benzene rings is 2. The highest BCUT2D eigenvalue weighted by Gasteiger charge is 2.11. The molecule has 18 heavy (non-hydrogen) atoms. The lowest BCUT2D eigenvalue weighted by Crippen LogP contribution is -1.97. The molecule has 0 radical (unpaired) electrons. The van der Waals surface area contributed by atoms with Crippen molar-refractivity contribution in [2.75, 3.05) is 0 Å². The third-order valence-electron chi connectivity index (χ3n) is 2.42. The highest BCUT2D eigenvalue weighted by Crippen LogP contribution is 2.29. The Morgan fingerprint density at radius 2 is 1.72 bits per heavy atom. The molecule has 0 fully saturated rings. The lowest BCUT2D eigenvalue weighted by Gasteiger charge is -2.02. The number of para-hydroxylation sites is 2. The van der Waals surface area contributed by atoms with E-state index in [9.17, 15) is 4.57 Å². The van der Waals surface area contributed by atoms with E-state index in [0.29, 0.717) is 10.5 Å². The van der Waals surface area contributed by atoms with Crippen LogP contribution >= 0.6 is 19.4 Å². The molecular weight excluding hydrogens is 265 g/mol. The first-order valence-electron chi connectivity index (χ1n) is 5.46. The lowest BCUT2D eigenvalue weighted by molar-refractivity contribution is 0.514. The minimum Gasteiger partial charge on any atom is -0.440 e. The molecular formula is C13H10NO2PS. The normalized spacial score (nSPS) is 12.4. The summed E-state index contributed by atoms with van der Waals surface area (Å²) < 4.78 is 19.1. The standard InChI is InChI=1S/C13H10NO2PS/c15-17(16-10-6-2-1-3-7-10)13-14-11-8-4-5-9-12(11)18-13/h1-9,17H. The monoisotopic (exact) mass is 275 g/mol. The van der Waals surface area contributed by atoms with Crippen molar-refractivity contribution in [2.45, 2.75) is 0 Å². The fraction of sp³-hybridized carbons (Fsp3) is 0. The van der Waals surface area contributed by atoms with Gasteiger partial charge in [-0.3, -0.25) is 4.57 Å². The van der Waals surface area contributed by atoms with E-state index in [1.165, 1.54) is 11.3 Å². The Hall–Kier alpha value is -1.64. The molecule has 3 nitrogen and oxygen atoms in total. The second kappa shape index (κ2) is 4.92. The SMILES string of the molecule is O=[PH](Oc1ccccc1)c1nc2ccccc2s1. The Bertz CT molecular complexity index is 663. The molecule has 1 aromatic heterocycles. The molecule has 2 aromatic carbocycles. The number of rotatable bonds is 3. The highest BCUT2D eigenvalue weighted by molar-refractivity contribution is 7.58. The van der Waals surface area contributed by atoms with Gasteiger partial charge in [0.25, 0.3) is 8.03 Å². The zero-order valence-corrected chi connectivity index (χ0v) is 11.2. The van der Waals surface area contributed by atoms with Gasteiger partial charge < -0.3 is 4.52 Å². The molecule has 1 unspecified atom stereocenters. The van der Waals surface area contributed by atoms with Gasteiger partial charge in [-0.15, -0.1) is 11.3 Å². The summed E-state index contributed by atoms with van der Waals surface area (Å²) in [4.78, 5) is 4.34. The van der Waals surface area contributed by atoms with Crippen molar-refractivity contribution in [2.24, 2.45) is 0 Å². The molecule has 0 amide bonds. The molecule has 3 aromatic rings. The first-order valence-corrected chi connectivity index (χ1v) is 7.59. The van der Waals surface area contributed by atoms with Gasteiger partial charge in [0.1, 0.15) is 5.75 Å². The van der Waals surface area contributed by atoms with Crippen molar-refractivity contribution < 1.29 is 9.09 Å². The van der Waals surface area contributed by atoms with E-state index >= 15 is 0 Å². The van der Waals surface area contributed by atoms with Gasteiger partial charge >= 0.3 is 0 Å². The van der Waals surface area contributed by atoms with E-state index in [0.717, 1.165) is 10.2 Å². The Labute approximate surface area is 109 Å². The van der Waals surface area contributed by atoms with Gasteiger partial charge in [0.05, 0.1) is 10.2 Å². The van der Waals surface area contributed by atoms with Gasteiger partial charge in [-0.2, -0.15) is 0 Å². The number of fused-ring (bicyclic) bond motifs is 1. The van der Waals surface area contributed by atoms with E-state index < -0.39 is 8.03 Å². The van der Waals surface area contributed by atoms with Gasteiger partial charge in [0, 0.05) is 0 Å². The van der Waals surface area contributed by atoms with Crippen molar-refractivity contribution in [1.82, 2.24) is 4.98 Å². The lowest BCUT2D eigenvalue weighted by atomic mass is 10.3. The quantitative estimate of drug-likeness (QED) is 0.687. The zero-order valence-electron chi connectivity index (χ0n) is 9.37. The number of hydrogen-bond acceptors (Lipinski definition) is 4. The predicted octanol–water partition coefficient (Wildman–Crippen LogP) is 3.48. The van der Waals surface area contributed by atoms with Gasteiger partial charge in [0.15, 0.2) is 4.75 Å². The fourth-order valence-corrected chi connectivity index (χ4v) is 3.75. The summed E-state index contributed by atoms with van der Waals surface area (Å²) in [5.41, 5.74) is 0.868. The number of hydrogen-bond donors (Lipinski definition) is 0. The summed E-state index contributed by atoms with van der Waals surface area (Å²) >= 11 is 1.42. The molecule has 0 aliphatic rings. The summed E-state index contributed by atoms with van der Waals surface area (Å²) in [6.45, 7) is 0. The Morgan fingerprint density at radius 1 is 1.00 bits per heavy atom. The van der Waals surface area contributed by atoms with Crippen LogP contribution in [0.1, 0.15) is 0 Å². The first kappa shape index (κ1) is 11.5. The molecule has 0 bridgehead atoms. The summed E-state index contributed by atoms with van der Waals surface area (Å²) in [7, 11) is -2.32. The molecule has 3 rings (SSSR count). The molecule has 0 saturated carbocycles. The van der Waals surface area contributed by atoms with Crippen LogP contribution in [-0.4, -0.2) is 4.98 Å². The third kappa shape index (κ3) is 2.30. The summed E-state index contributed by atoms with van der Waals surface area (Å²) in [6.07, 6.45) is 0. The summed E-state index contributed by atoms with van der Waals surface area (Å²) in [5.74, 6) is 0.612. The third-order valence-corrected chi connectivity index (χ3v) is 4.96. The maximum Gasteiger partial charge on any atom is 0.293 e. The van der Waals surface area contributed by atoms with E-state index in [4.69, 9.17) is 4.52 Å². The van der Waals surface area contributed by atoms with Crippen LogP contribution in [-0.2, 0) is 4.57 Å². The summed E-state index contributed by atoms with van der Waals surface area (Å²) in [6, 6.07) is 16.9. The van der Waals surface area contributed by atoms with E-state index in [2.05, 4.69) is 4.98 Å². The van der Waals surface area contributed by atoms with Crippen LogP contribution in [0.2, 0.25) is 0 Å². The average Bonchev–Trinajstić information content (AvgIpc) is 2.84. The van der Waals surface area contributed by atoms with Gasteiger partial charge in [-0.25, -0.2) is 4.98 Å². The zero-order chi connectivity index (χ0) is 12.4. The largest absolute Gasteiger partial charge is 0.440 e. The van der Waals surface area contributed by atoms with Crippen molar-refractivity contribution >= 4 is 34.3 Å². The molecule has 90 valence electrons. The first-order chi connectivity index (χ1) is 8.83. The molecule has 1 heterocycles. The van der Waals surface area contributed by atoms with Gasteiger partial charge in [-0.05, 0) is 24.3 Å². The maximum absolute atomic E-state index is 12.1. The van der Waals surface area contributed by atoms with Gasteiger partial charge in [0.2, 0.25) is 0 Å². The van der Waals surface area contributed by atoms with E-state index in [1.54, 1.807) is 12.1 Å². The van der Waals surface area contributed by atoms with Crippen LogP contribution in [0.5, 0.6) is 5.75 Å². The second-order valence-electron chi connectivity index (χ2n) is 3.69. The molecule has 0 spiro atoms. The molecule has 1 atom stereocenters. The van der Waals surface area contributed by atoms with Crippen LogP contribution in [0.15, 0.2) is 54.6 Å². The number of thiazole rings is 1. The highest BCUT2D eigenvalue weighted by atomic mass is 32.1. The Morgan fingerprint density at radius 3 is 2.50 bits per heavy atom. The topological polar surface area (TPSA) is 39.2 Å². The van der Waals surface area contributed by atoms with Crippen LogP contribution in [0.25, 0.3) is 10.2 Å². The smallest absolute Gasteiger partial charge is 0.293 e. The molecule has 0 N–H and O–H groups in total. The van der Waals surface area contributed by atoms with Crippen molar-refractivity contribution in [3.63, 3.8) is 0 Å². The minimum atomic E-state index is -2.32. The van der Waals surface area contributed by atoms with Gasteiger partial charge in [-0.1, -0.05) is 30.3 Å². The minimum absolute atomic E-state index is 0.560. The van der Waals surface area contributed by atoms with Crippen molar-refractivity contribution in [3.8, 4) is 5.75 Å². The average molecular weight is 275 g/mol. The Balaban J connectivity index is 1.88. The van der Waals surface area contributed by atoms with Crippen LogP contribution in [0, 0.1) is 0 Å². The molecule has 0 aliphatic carbocycles. The summed E-state index contributed by atoms with van der Waals surface area (Å²) in [5, 5.41) is 0. The van der Waals surface area contributed by atoms with Crippen molar-refractivity contribution in [3.05, 3.63) is 54.6 Å². The van der Waals surface area contributed by atoms with E-state index in [-0.39, 0.29) is 0 Å². The molecule has 5 heteroatoms. The maximum atomic E-state index is 12.1. The van der Waals surface area contributed by atoms with Crippen LogP contribution in [0.3, 0.4) is 0 Å².